The smallest absolute Gasteiger partial charge is 0.317 e. The number of halogens is 2. The standard InChI is InChI=1S/C33H41N5O3.2ClH/c1-4-41-31(39)32(2,3)28-24-38-30(35-28)17-16-29(36-38)34-20-11-21-37-22-18-27(19-23-37)33(40,25-12-7-5-8-13-25)26-14-9-6-10-15-26;;/h5-10,12-17,24,27,40H,4,11,18-23H2,1-3H3,(H,34,36);2*1H. The minimum atomic E-state index is -0.987. The van der Waals surface area contributed by atoms with Crippen LogP contribution in [0.2, 0.25) is 0 Å². The molecule has 1 fully saturated rings. The number of fused-ring (bicyclic) bond motifs is 1. The van der Waals surface area contributed by atoms with Crippen LogP contribution >= 0.6 is 24.8 Å². The van der Waals surface area contributed by atoms with Crippen molar-refractivity contribution in [1.82, 2.24) is 19.5 Å². The molecule has 0 saturated carbocycles. The Morgan fingerprint density at radius 1 is 0.977 bits per heavy atom. The van der Waals surface area contributed by atoms with Crippen molar-refractivity contribution in [2.45, 2.75) is 51.0 Å². The summed E-state index contributed by atoms with van der Waals surface area (Å²) in [5, 5.41) is 20.2. The lowest BCUT2D eigenvalue weighted by atomic mass is 9.72. The first-order chi connectivity index (χ1) is 19.8. The van der Waals surface area contributed by atoms with Crippen molar-refractivity contribution in [2.24, 2.45) is 5.92 Å². The number of ether oxygens (including phenoxy) is 1. The molecule has 0 bridgehead atoms. The average Bonchev–Trinajstić information content (AvgIpc) is 3.45. The number of carbonyl (C=O) groups excluding carboxylic acids is 1. The number of imidazole rings is 1. The number of piperidine rings is 1. The van der Waals surface area contributed by atoms with Gasteiger partial charge in [0, 0.05) is 6.54 Å². The van der Waals surface area contributed by atoms with Crippen molar-refractivity contribution in [2.75, 3.05) is 38.1 Å². The van der Waals surface area contributed by atoms with Gasteiger partial charge in [-0.25, -0.2) is 9.50 Å². The van der Waals surface area contributed by atoms with Crippen LogP contribution < -0.4 is 5.32 Å². The van der Waals surface area contributed by atoms with Crippen molar-refractivity contribution in [3.05, 3.63) is 95.8 Å². The highest BCUT2D eigenvalue weighted by Gasteiger charge is 2.41. The van der Waals surface area contributed by atoms with Gasteiger partial charge in [-0.05, 0) is 88.8 Å². The summed E-state index contributed by atoms with van der Waals surface area (Å²) in [7, 11) is 0. The maximum Gasteiger partial charge on any atom is 0.317 e. The van der Waals surface area contributed by atoms with Crippen molar-refractivity contribution < 1.29 is 14.6 Å². The predicted octanol–water partition coefficient (Wildman–Crippen LogP) is 5.86. The summed E-state index contributed by atoms with van der Waals surface area (Å²) in [4.78, 5) is 19.5. The number of likely N-dealkylation sites (tertiary alicyclic amines) is 1. The normalized spacial score (nSPS) is 14.5. The molecule has 1 saturated heterocycles. The van der Waals surface area contributed by atoms with Crippen LogP contribution in [0, 0.1) is 5.92 Å². The van der Waals surface area contributed by atoms with Gasteiger partial charge < -0.3 is 20.1 Å². The van der Waals surface area contributed by atoms with Gasteiger partial charge in [0.25, 0.3) is 0 Å². The van der Waals surface area contributed by atoms with Gasteiger partial charge >= 0.3 is 5.97 Å². The fraction of sp³-hybridized carbons (Fsp3) is 0.424. The number of nitrogens with zero attached hydrogens (tertiary/aromatic N) is 4. The van der Waals surface area contributed by atoms with Gasteiger partial charge in [-0.15, -0.1) is 29.9 Å². The number of hydrogen-bond acceptors (Lipinski definition) is 7. The Balaban J connectivity index is 0.00000253. The van der Waals surface area contributed by atoms with Gasteiger partial charge in [-0.1, -0.05) is 60.7 Å². The number of anilines is 1. The lowest BCUT2D eigenvalue weighted by molar-refractivity contribution is -0.148. The zero-order valence-corrected chi connectivity index (χ0v) is 26.7. The monoisotopic (exact) mass is 627 g/mol. The topological polar surface area (TPSA) is 92.0 Å². The number of rotatable bonds is 11. The van der Waals surface area contributed by atoms with E-state index in [2.05, 4.69) is 20.3 Å². The quantitative estimate of drug-likeness (QED) is 0.159. The SMILES string of the molecule is CCOC(=O)C(C)(C)c1cn2nc(NCCCN3CCC(C(O)(c4ccccc4)c4ccccc4)CC3)ccc2n1.Cl.Cl. The Bertz CT molecular complexity index is 1400. The van der Waals surface area contributed by atoms with E-state index >= 15 is 0 Å². The highest BCUT2D eigenvalue weighted by molar-refractivity contribution is 5.85. The molecule has 1 aliphatic heterocycles. The Labute approximate surface area is 266 Å². The van der Waals surface area contributed by atoms with E-state index in [-0.39, 0.29) is 36.7 Å². The summed E-state index contributed by atoms with van der Waals surface area (Å²) >= 11 is 0. The van der Waals surface area contributed by atoms with E-state index in [9.17, 15) is 9.90 Å². The average molecular weight is 629 g/mol. The van der Waals surface area contributed by atoms with Crippen LogP contribution in [0.1, 0.15) is 56.9 Å². The first kappa shape index (κ1) is 34.3. The number of aliphatic hydroxyl groups is 1. The molecule has 0 atom stereocenters. The Morgan fingerprint density at radius 2 is 1.58 bits per heavy atom. The second kappa shape index (κ2) is 15.0. The van der Waals surface area contributed by atoms with Crippen LogP contribution in [-0.2, 0) is 20.5 Å². The first-order valence-electron chi connectivity index (χ1n) is 14.7. The number of hydrogen-bond donors (Lipinski definition) is 2. The van der Waals surface area contributed by atoms with E-state index < -0.39 is 11.0 Å². The molecule has 0 spiro atoms. The lowest BCUT2D eigenvalue weighted by Crippen LogP contribution is -2.44. The second-order valence-electron chi connectivity index (χ2n) is 11.4. The Morgan fingerprint density at radius 3 is 2.16 bits per heavy atom. The predicted molar refractivity (Wildman–Crippen MR) is 175 cm³/mol. The van der Waals surface area contributed by atoms with E-state index in [1.165, 1.54) is 0 Å². The second-order valence-corrected chi connectivity index (χ2v) is 11.4. The van der Waals surface area contributed by atoms with Crippen LogP contribution in [-0.4, -0.2) is 63.4 Å². The van der Waals surface area contributed by atoms with Crippen LogP contribution in [0.5, 0.6) is 0 Å². The maximum atomic E-state index is 12.4. The van der Waals surface area contributed by atoms with Crippen molar-refractivity contribution in [3.8, 4) is 0 Å². The molecular weight excluding hydrogens is 585 g/mol. The van der Waals surface area contributed by atoms with Crippen LogP contribution in [0.25, 0.3) is 5.65 Å². The molecule has 0 unspecified atom stereocenters. The molecule has 0 amide bonds. The van der Waals surface area contributed by atoms with Gasteiger partial charge in [0.15, 0.2) is 5.65 Å². The lowest BCUT2D eigenvalue weighted by Gasteiger charge is -2.42. The zero-order chi connectivity index (χ0) is 28.9. The molecule has 0 aliphatic carbocycles. The third-order valence-electron chi connectivity index (χ3n) is 8.31. The number of aromatic nitrogens is 3. The first-order valence-corrected chi connectivity index (χ1v) is 14.7. The number of carbonyl (C=O) groups is 1. The molecule has 1 aliphatic rings. The number of benzene rings is 2. The highest BCUT2D eigenvalue weighted by Crippen LogP contribution is 2.41. The zero-order valence-electron chi connectivity index (χ0n) is 25.1. The summed E-state index contributed by atoms with van der Waals surface area (Å²) < 4.78 is 6.93. The van der Waals surface area contributed by atoms with E-state index in [0.29, 0.717) is 17.9 Å². The molecular formula is C33H43Cl2N5O3. The van der Waals surface area contributed by atoms with E-state index in [4.69, 9.17) is 4.74 Å². The Kier molecular flexibility index (Phi) is 12.0. The summed E-state index contributed by atoms with van der Waals surface area (Å²) in [6, 6.07) is 24.0. The van der Waals surface area contributed by atoms with Crippen molar-refractivity contribution in [1.29, 1.82) is 0 Å². The molecule has 232 valence electrons. The van der Waals surface area contributed by atoms with Crippen molar-refractivity contribution in [3.63, 3.8) is 0 Å². The third-order valence-corrected chi connectivity index (χ3v) is 8.31. The maximum absolute atomic E-state index is 12.4. The van der Waals surface area contributed by atoms with Gasteiger partial charge in [0.05, 0.1) is 18.5 Å². The number of nitrogens with one attached hydrogen (secondary N) is 1. The van der Waals surface area contributed by atoms with Crippen LogP contribution in [0.4, 0.5) is 5.82 Å². The molecule has 2 aromatic heterocycles. The molecule has 4 aromatic rings. The molecule has 43 heavy (non-hydrogen) atoms. The van der Waals surface area contributed by atoms with E-state index in [1.807, 2.05) is 86.6 Å². The molecule has 3 heterocycles. The summed E-state index contributed by atoms with van der Waals surface area (Å²) in [5.41, 5.74) is 1.43. The van der Waals surface area contributed by atoms with Crippen LogP contribution in [0.3, 0.4) is 0 Å². The summed E-state index contributed by atoms with van der Waals surface area (Å²) in [5.74, 6) is 0.631. The fourth-order valence-electron chi connectivity index (χ4n) is 5.81. The van der Waals surface area contributed by atoms with Gasteiger partial charge in [-0.2, -0.15) is 0 Å². The molecule has 0 radical (unpaired) electrons. The molecule has 10 heteroatoms. The fourth-order valence-corrected chi connectivity index (χ4v) is 5.81. The highest BCUT2D eigenvalue weighted by atomic mass is 35.5. The van der Waals surface area contributed by atoms with Gasteiger partial charge in [-0.3, -0.25) is 4.79 Å². The molecule has 5 rings (SSSR count). The molecule has 8 nitrogen and oxygen atoms in total. The van der Waals surface area contributed by atoms with E-state index in [1.54, 1.807) is 17.6 Å². The summed E-state index contributed by atoms with van der Waals surface area (Å²) in [6.45, 7) is 9.49. The minimum absolute atomic E-state index is 0. The van der Waals surface area contributed by atoms with Crippen LogP contribution in [0.15, 0.2) is 79.0 Å². The van der Waals surface area contributed by atoms with Crippen molar-refractivity contribution >= 4 is 42.2 Å². The van der Waals surface area contributed by atoms with E-state index in [0.717, 1.165) is 62.4 Å². The minimum Gasteiger partial charge on any atom is -0.465 e. The number of esters is 1. The van der Waals surface area contributed by atoms with Gasteiger partial charge in [0.2, 0.25) is 0 Å². The molecule has 2 aromatic carbocycles. The Hall–Kier alpha value is -3.17. The van der Waals surface area contributed by atoms with Gasteiger partial charge in [0.1, 0.15) is 16.8 Å². The molecule has 2 N–H and O–H groups in total. The largest absolute Gasteiger partial charge is 0.465 e. The third kappa shape index (κ3) is 7.50. The summed E-state index contributed by atoms with van der Waals surface area (Å²) in [6.07, 6.45) is 4.67.